The van der Waals surface area contributed by atoms with Gasteiger partial charge < -0.3 is 20.4 Å². The molecule has 0 saturated carbocycles. The molecule has 28 heavy (non-hydrogen) atoms. The smallest absolute Gasteiger partial charge is 0.223 e. The number of likely N-dealkylation sites (N-methyl/N-ethyl adjacent to an activating group) is 1. The van der Waals surface area contributed by atoms with Crippen LogP contribution in [0, 0.1) is 5.92 Å². The Kier molecular flexibility index (Phi) is 7.71. The summed E-state index contributed by atoms with van der Waals surface area (Å²) in [6.45, 7) is 7.36. The highest BCUT2D eigenvalue weighted by Crippen LogP contribution is 2.19. The van der Waals surface area contributed by atoms with Crippen LogP contribution in [0.2, 0.25) is 0 Å². The molecule has 1 amide bonds. The third kappa shape index (κ3) is 5.96. The van der Waals surface area contributed by atoms with Gasteiger partial charge in [-0.05, 0) is 45.3 Å². The minimum Gasteiger partial charge on any atom is -0.357 e. The second kappa shape index (κ2) is 10.5. The number of benzene rings is 1. The zero-order chi connectivity index (χ0) is 19.8. The molecular weight excluding hydrogens is 350 g/mol. The van der Waals surface area contributed by atoms with Gasteiger partial charge in [-0.25, -0.2) is 0 Å². The molecule has 2 unspecified atom stereocenters. The molecular formula is C22H35N5O. The highest BCUT2D eigenvalue weighted by molar-refractivity contribution is 5.80. The third-order valence-corrected chi connectivity index (χ3v) is 5.84. The summed E-state index contributed by atoms with van der Waals surface area (Å²) in [6.07, 6.45) is 4.06. The van der Waals surface area contributed by atoms with E-state index in [1.807, 2.05) is 11.0 Å². The number of carbonyl (C=O) groups is 1. The van der Waals surface area contributed by atoms with E-state index < -0.39 is 0 Å². The molecule has 1 aromatic carbocycles. The Balaban J connectivity index is 1.45. The molecule has 6 heteroatoms. The molecule has 154 valence electrons. The van der Waals surface area contributed by atoms with Crippen LogP contribution in [-0.4, -0.2) is 74.0 Å². The molecule has 2 aliphatic heterocycles. The zero-order valence-corrected chi connectivity index (χ0v) is 17.4. The quantitative estimate of drug-likeness (QED) is 0.529. The van der Waals surface area contributed by atoms with Crippen LogP contribution in [0.4, 0.5) is 0 Å². The van der Waals surface area contributed by atoms with Gasteiger partial charge >= 0.3 is 0 Å². The van der Waals surface area contributed by atoms with Crippen molar-refractivity contribution in [3.05, 3.63) is 35.9 Å². The number of nitrogens with zero attached hydrogens (tertiary/aromatic N) is 3. The SMILES string of the molecule is CCNC(=NCC1CC(=O)N(CCc2ccccc2)C1)NCC1CCCN1C. The number of carbonyl (C=O) groups excluding carboxylic acids is 1. The van der Waals surface area contributed by atoms with Crippen LogP contribution < -0.4 is 10.6 Å². The highest BCUT2D eigenvalue weighted by Gasteiger charge is 2.29. The van der Waals surface area contributed by atoms with Gasteiger partial charge in [0, 0.05) is 51.1 Å². The zero-order valence-electron chi connectivity index (χ0n) is 17.4. The maximum atomic E-state index is 12.4. The molecule has 0 aromatic heterocycles. The largest absolute Gasteiger partial charge is 0.357 e. The first-order valence-corrected chi connectivity index (χ1v) is 10.7. The van der Waals surface area contributed by atoms with E-state index in [1.165, 1.54) is 24.9 Å². The van der Waals surface area contributed by atoms with Crippen molar-refractivity contribution in [3.63, 3.8) is 0 Å². The summed E-state index contributed by atoms with van der Waals surface area (Å²) in [5.41, 5.74) is 1.28. The fourth-order valence-electron chi connectivity index (χ4n) is 4.11. The normalized spacial score (nSPS) is 23.4. The van der Waals surface area contributed by atoms with E-state index in [1.54, 1.807) is 0 Å². The molecule has 2 atom stereocenters. The maximum Gasteiger partial charge on any atom is 0.223 e. The molecule has 0 aliphatic carbocycles. The third-order valence-electron chi connectivity index (χ3n) is 5.84. The van der Waals surface area contributed by atoms with Crippen LogP contribution in [-0.2, 0) is 11.2 Å². The monoisotopic (exact) mass is 385 g/mol. The lowest BCUT2D eigenvalue weighted by molar-refractivity contribution is -0.127. The Morgan fingerprint density at radius 3 is 2.79 bits per heavy atom. The van der Waals surface area contributed by atoms with Gasteiger partial charge in [-0.2, -0.15) is 0 Å². The van der Waals surface area contributed by atoms with Crippen molar-refractivity contribution in [2.75, 3.05) is 46.3 Å². The molecule has 2 fully saturated rings. The number of rotatable bonds is 8. The highest BCUT2D eigenvalue weighted by atomic mass is 16.2. The first-order chi connectivity index (χ1) is 13.7. The van der Waals surface area contributed by atoms with E-state index in [0.29, 0.717) is 24.9 Å². The number of hydrogen-bond donors (Lipinski definition) is 2. The van der Waals surface area contributed by atoms with Gasteiger partial charge in [0.2, 0.25) is 5.91 Å². The van der Waals surface area contributed by atoms with Crippen molar-refractivity contribution < 1.29 is 4.79 Å². The average molecular weight is 386 g/mol. The molecule has 2 aliphatic rings. The van der Waals surface area contributed by atoms with E-state index in [9.17, 15) is 4.79 Å². The number of amides is 1. The van der Waals surface area contributed by atoms with Crippen molar-refractivity contribution in [1.82, 2.24) is 20.4 Å². The molecule has 0 spiro atoms. The van der Waals surface area contributed by atoms with Crippen molar-refractivity contribution in [3.8, 4) is 0 Å². The van der Waals surface area contributed by atoms with E-state index >= 15 is 0 Å². The molecule has 2 N–H and O–H groups in total. The Morgan fingerprint density at radius 2 is 2.07 bits per heavy atom. The summed E-state index contributed by atoms with van der Waals surface area (Å²) in [5.74, 6) is 1.45. The maximum absolute atomic E-state index is 12.4. The van der Waals surface area contributed by atoms with Gasteiger partial charge in [-0.15, -0.1) is 0 Å². The summed E-state index contributed by atoms with van der Waals surface area (Å²) < 4.78 is 0. The Morgan fingerprint density at radius 1 is 1.25 bits per heavy atom. The van der Waals surface area contributed by atoms with Crippen molar-refractivity contribution in [2.24, 2.45) is 10.9 Å². The molecule has 6 nitrogen and oxygen atoms in total. The molecule has 1 aromatic rings. The van der Waals surface area contributed by atoms with Crippen LogP contribution in [0.5, 0.6) is 0 Å². The predicted molar refractivity (Wildman–Crippen MR) is 114 cm³/mol. The molecule has 0 radical (unpaired) electrons. The van der Waals surface area contributed by atoms with Gasteiger partial charge in [-0.3, -0.25) is 9.79 Å². The minimum absolute atomic E-state index is 0.265. The fourth-order valence-corrected chi connectivity index (χ4v) is 4.11. The van der Waals surface area contributed by atoms with E-state index in [4.69, 9.17) is 4.99 Å². The van der Waals surface area contributed by atoms with Crippen molar-refractivity contribution >= 4 is 11.9 Å². The lowest BCUT2D eigenvalue weighted by atomic mass is 10.1. The van der Waals surface area contributed by atoms with Crippen molar-refractivity contribution in [1.29, 1.82) is 0 Å². The van der Waals surface area contributed by atoms with E-state index in [0.717, 1.165) is 38.6 Å². The predicted octanol–water partition coefficient (Wildman–Crippen LogP) is 1.73. The van der Waals surface area contributed by atoms with Gasteiger partial charge in [0.05, 0.1) is 0 Å². The molecule has 0 bridgehead atoms. The second-order valence-electron chi connectivity index (χ2n) is 8.02. The Hall–Kier alpha value is -2.08. The number of nitrogens with one attached hydrogen (secondary N) is 2. The Labute approximate surface area is 169 Å². The lowest BCUT2D eigenvalue weighted by Gasteiger charge is -2.21. The molecule has 2 heterocycles. The first-order valence-electron chi connectivity index (χ1n) is 10.7. The second-order valence-corrected chi connectivity index (χ2v) is 8.02. The van der Waals surface area contributed by atoms with Gasteiger partial charge in [0.25, 0.3) is 0 Å². The van der Waals surface area contributed by atoms with Crippen LogP contribution in [0.25, 0.3) is 0 Å². The van der Waals surface area contributed by atoms with E-state index in [2.05, 4.69) is 53.8 Å². The summed E-state index contributed by atoms with van der Waals surface area (Å²) in [6, 6.07) is 11.0. The molecule has 2 saturated heterocycles. The van der Waals surface area contributed by atoms with E-state index in [-0.39, 0.29) is 5.91 Å². The van der Waals surface area contributed by atoms with Gasteiger partial charge in [-0.1, -0.05) is 30.3 Å². The van der Waals surface area contributed by atoms with Crippen LogP contribution in [0.3, 0.4) is 0 Å². The number of likely N-dealkylation sites (tertiary alicyclic amines) is 2. The van der Waals surface area contributed by atoms with Crippen LogP contribution >= 0.6 is 0 Å². The lowest BCUT2D eigenvalue weighted by Crippen LogP contribution is -2.44. The summed E-state index contributed by atoms with van der Waals surface area (Å²) in [4.78, 5) is 21.5. The van der Waals surface area contributed by atoms with Crippen LogP contribution in [0.15, 0.2) is 35.3 Å². The summed E-state index contributed by atoms with van der Waals surface area (Å²) in [5, 5.41) is 6.82. The molecule has 3 rings (SSSR count). The van der Waals surface area contributed by atoms with Gasteiger partial charge in [0.1, 0.15) is 0 Å². The van der Waals surface area contributed by atoms with Crippen molar-refractivity contribution in [2.45, 2.75) is 38.6 Å². The average Bonchev–Trinajstić information content (AvgIpc) is 3.28. The summed E-state index contributed by atoms with van der Waals surface area (Å²) in [7, 11) is 2.19. The number of aliphatic imine (C=N–C) groups is 1. The number of guanidine groups is 1. The summed E-state index contributed by atoms with van der Waals surface area (Å²) >= 11 is 0. The van der Waals surface area contributed by atoms with Gasteiger partial charge in [0.15, 0.2) is 5.96 Å². The van der Waals surface area contributed by atoms with Crippen LogP contribution in [0.1, 0.15) is 31.7 Å². The Bertz CT molecular complexity index is 648. The topological polar surface area (TPSA) is 60.0 Å². The standard InChI is InChI=1S/C22H35N5O/c1-3-23-22(25-16-20-10-7-12-26(20)2)24-15-19-14-21(28)27(17-19)13-11-18-8-5-4-6-9-18/h4-6,8-9,19-20H,3,7,10-17H2,1-2H3,(H2,23,24,25). The fraction of sp³-hybridized carbons (Fsp3) is 0.636. The first kappa shape index (κ1) is 20.6. The number of hydrogen-bond acceptors (Lipinski definition) is 3. The minimum atomic E-state index is 0.265.